The molecule has 0 unspecified atom stereocenters. The maximum absolute atomic E-state index is 13.1. The first kappa shape index (κ1) is 14.4. The van der Waals surface area contributed by atoms with Gasteiger partial charge in [-0.15, -0.1) is 0 Å². The number of nitriles is 1. The van der Waals surface area contributed by atoms with Gasteiger partial charge in [-0.2, -0.15) is 23.5 Å². The fourth-order valence-corrected chi connectivity index (χ4v) is 2.19. The normalized spacial score (nSPS) is 14.7. The summed E-state index contributed by atoms with van der Waals surface area (Å²) in [6.07, 6.45) is -1.55. The molecule has 0 N–H and O–H groups in total. The van der Waals surface area contributed by atoms with Crippen molar-refractivity contribution in [3.8, 4) is 23.1 Å². The van der Waals surface area contributed by atoms with Crippen molar-refractivity contribution in [2.24, 2.45) is 7.05 Å². The van der Waals surface area contributed by atoms with E-state index in [0.29, 0.717) is 5.69 Å². The zero-order chi connectivity index (χ0) is 15.9. The minimum Gasteiger partial charge on any atom is -0.489 e. The number of alkyl halides is 3. The lowest BCUT2D eigenvalue weighted by Gasteiger charge is -2.15. The standard InChI is InChI=1S/C15H12F3N3O/c1-21-13(4-5-20-21)11-6-9(15(16,17)18)7-14(12(11)8-19)22-10-2-3-10/h4-7,10H,2-3H2,1H3. The topological polar surface area (TPSA) is 50.8 Å². The van der Waals surface area contributed by atoms with Gasteiger partial charge < -0.3 is 4.74 Å². The van der Waals surface area contributed by atoms with Crippen molar-refractivity contribution in [2.75, 3.05) is 0 Å². The summed E-state index contributed by atoms with van der Waals surface area (Å²) < 4.78 is 46.3. The second-order valence-electron chi connectivity index (χ2n) is 5.16. The van der Waals surface area contributed by atoms with Crippen LogP contribution < -0.4 is 4.74 Å². The number of ether oxygens (including phenoxy) is 1. The Morgan fingerprint density at radius 2 is 2.09 bits per heavy atom. The molecule has 7 heteroatoms. The highest BCUT2D eigenvalue weighted by Gasteiger charge is 2.34. The van der Waals surface area contributed by atoms with E-state index in [1.54, 1.807) is 13.1 Å². The van der Waals surface area contributed by atoms with Crippen LogP contribution in [0.1, 0.15) is 24.0 Å². The highest BCUT2D eigenvalue weighted by atomic mass is 19.4. The molecule has 22 heavy (non-hydrogen) atoms. The molecule has 1 aliphatic carbocycles. The predicted octanol–water partition coefficient (Wildman–Crippen LogP) is 3.52. The Labute approximate surface area is 124 Å². The van der Waals surface area contributed by atoms with Gasteiger partial charge in [0.05, 0.1) is 17.4 Å². The maximum atomic E-state index is 13.1. The Balaban J connectivity index is 2.21. The Bertz CT molecular complexity index is 754. The number of hydrogen-bond donors (Lipinski definition) is 0. The van der Waals surface area contributed by atoms with E-state index in [1.165, 1.54) is 10.9 Å². The first-order valence-corrected chi connectivity index (χ1v) is 6.70. The van der Waals surface area contributed by atoms with E-state index >= 15 is 0 Å². The minimum absolute atomic E-state index is 0.0176. The quantitative estimate of drug-likeness (QED) is 0.872. The van der Waals surface area contributed by atoms with Crippen molar-refractivity contribution in [3.05, 3.63) is 35.5 Å². The molecule has 0 aliphatic heterocycles. The summed E-state index contributed by atoms with van der Waals surface area (Å²) in [5.74, 6) is -0.0176. The Hall–Kier alpha value is -2.49. The largest absolute Gasteiger partial charge is 0.489 e. The molecule has 1 fully saturated rings. The molecule has 0 saturated heterocycles. The molecule has 3 rings (SSSR count). The van der Waals surface area contributed by atoms with Crippen LogP contribution >= 0.6 is 0 Å². The average Bonchev–Trinajstić information content (AvgIpc) is 3.16. The van der Waals surface area contributed by atoms with Gasteiger partial charge >= 0.3 is 6.18 Å². The summed E-state index contributed by atoms with van der Waals surface area (Å²) in [5.41, 5.74) is -0.127. The second kappa shape index (κ2) is 5.05. The van der Waals surface area contributed by atoms with E-state index in [0.717, 1.165) is 25.0 Å². The third kappa shape index (κ3) is 2.64. The predicted molar refractivity (Wildman–Crippen MR) is 72.0 cm³/mol. The molecule has 114 valence electrons. The van der Waals surface area contributed by atoms with Crippen molar-refractivity contribution < 1.29 is 17.9 Å². The van der Waals surface area contributed by atoms with E-state index in [2.05, 4.69) is 5.10 Å². The molecule has 1 aromatic heterocycles. The summed E-state index contributed by atoms with van der Waals surface area (Å²) in [5, 5.41) is 13.3. The van der Waals surface area contributed by atoms with Crippen LogP contribution in [-0.2, 0) is 13.2 Å². The molecule has 0 amide bonds. The van der Waals surface area contributed by atoms with Gasteiger partial charge in [-0.25, -0.2) is 0 Å². The number of hydrogen-bond acceptors (Lipinski definition) is 3. The van der Waals surface area contributed by atoms with Crippen LogP contribution in [0.15, 0.2) is 24.4 Å². The van der Waals surface area contributed by atoms with Crippen molar-refractivity contribution in [3.63, 3.8) is 0 Å². The van der Waals surface area contributed by atoms with E-state index in [-0.39, 0.29) is 23.0 Å². The van der Waals surface area contributed by atoms with E-state index in [9.17, 15) is 18.4 Å². The molecule has 0 bridgehead atoms. The smallest absolute Gasteiger partial charge is 0.416 e. The van der Waals surface area contributed by atoms with E-state index < -0.39 is 11.7 Å². The van der Waals surface area contributed by atoms with Crippen LogP contribution in [0.3, 0.4) is 0 Å². The van der Waals surface area contributed by atoms with Crippen LogP contribution in [0.2, 0.25) is 0 Å². The third-order valence-corrected chi connectivity index (χ3v) is 3.46. The zero-order valence-electron chi connectivity index (χ0n) is 11.7. The van der Waals surface area contributed by atoms with Gasteiger partial charge in [0.15, 0.2) is 0 Å². The highest BCUT2D eigenvalue weighted by molar-refractivity contribution is 5.72. The summed E-state index contributed by atoms with van der Waals surface area (Å²) >= 11 is 0. The van der Waals surface area contributed by atoms with Crippen molar-refractivity contribution in [1.82, 2.24) is 9.78 Å². The number of aromatic nitrogens is 2. The molecule has 0 radical (unpaired) electrons. The number of nitrogens with zero attached hydrogens (tertiary/aromatic N) is 3. The van der Waals surface area contributed by atoms with Crippen molar-refractivity contribution >= 4 is 0 Å². The molecule has 1 aliphatic rings. The molecule has 2 aromatic rings. The van der Waals surface area contributed by atoms with Gasteiger partial charge in [0.1, 0.15) is 17.4 Å². The monoisotopic (exact) mass is 307 g/mol. The first-order chi connectivity index (χ1) is 10.4. The van der Waals surface area contributed by atoms with Gasteiger partial charge in [-0.05, 0) is 31.0 Å². The second-order valence-corrected chi connectivity index (χ2v) is 5.16. The van der Waals surface area contributed by atoms with Crippen LogP contribution in [-0.4, -0.2) is 15.9 Å². The number of rotatable bonds is 3. The molecule has 1 aromatic carbocycles. The van der Waals surface area contributed by atoms with Crippen LogP contribution in [0.25, 0.3) is 11.3 Å². The zero-order valence-corrected chi connectivity index (χ0v) is 11.7. The molecule has 1 saturated carbocycles. The van der Waals surface area contributed by atoms with Crippen LogP contribution in [0.4, 0.5) is 13.2 Å². The average molecular weight is 307 g/mol. The molecule has 1 heterocycles. The molecule has 4 nitrogen and oxygen atoms in total. The third-order valence-electron chi connectivity index (χ3n) is 3.46. The summed E-state index contributed by atoms with van der Waals surface area (Å²) in [6, 6.07) is 5.39. The number of benzene rings is 1. The molecule has 0 atom stereocenters. The highest BCUT2D eigenvalue weighted by Crippen LogP contribution is 2.40. The van der Waals surface area contributed by atoms with Crippen molar-refractivity contribution in [2.45, 2.75) is 25.1 Å². The molecule has 0 spiro atoms. The van der Waals surface area contributed by atoms with Gasteiger partial charge in [0.25, 0.3) is 0 Å². The lowest BCUT2D eigenvalue weighted by atomic mass is 10.00. The van der Waals surface area contributed by atoms with Gasteiger partial charge in [0.2, 0.25) is 0 Å². The lowest BCUT2D eigenvalue weighted by Crippen LogP contribution is -2.09. The first-order valence-electron chi connectivity index (χ1n) is 6.70. The van der Waals surface area contributed by atoms with Gasteiger partial charge in [0, 0.05) is 18.8 Å². The number of halogens is 3. The summed E-state index contributed by atoms with van der Waals surface area (Å²) in [4.78, 5) is 0. The van der Waals surface area contributed by atoms with Gasteiger partial charge in [-0.1, -0.05) is 0 Å². The Kier molecular flexibility index (Phi) is 3.32. The van der Waals surface area contributed by atoms with Crippen LogP contribution in [0, 0.1) is 11.3 Å². The number of aryl methyl sites for hydroxylation is 1. The van der Waals surface area contributed by atoms with Crippen molar-refractivity contribution in [1.29, 1.82) is 5.26 Å². The van der Waals surface area contributed by atoms with E-state index in [1.807, 2.05) is 6.07 Å². The summed E-state index contributed by atoms with van der Waals surface area (Å²) in [7, 11) is 1.61. The fourth-order valence-electron chi connectivity index (χ4n) is 2.19. The Morgan fingerprint density at radius 3 is 2.59 bits per heavy atom. The maximum Gasteiger partial charge on any atom is 0.416 e. The molecular weight excluding hydrogens is 295 g/mol. The van der Waals surface area contributed by atoms with Gasteiger partial charge in [-0.3, -0.25) is 4.68 Å². The Morgan fingerprint density at radius 1 is 1.36 bits per heavy atom. The fraction of sp³-hybridized carbons (Fsp3) is 0.333. The summed E-state index contributed by atoms with van der Waals surface area (Å²) in [6.45, 7) is 0. The van der Waals surface area contributed by atoms with Crippen LogP contribution in [0.5, 0.6) is 5.75 Å². The minimum atomic E-state index is -4.51. The van der Waals surface area contributed by atoms with E-state index in [4.69, 9.17) is 4.74 Å². The SMILES string of the molecule is Cn1nccc1-c1cc(C(F)(F)F)cc(OC2CC2)c1C#N. The molecular formula is C15H12F3N3O. The lowest BCUT2D eigenvalue weighted by molar-refractivity contribution is -0.137.